The van der Waals surface area contributed by atoms with Gasteiger partial charge in [0.15, 0.2) is 5.82 Å². The molecule has 6 nitrogen and oxygen atoms in total. The zero-order chi connectivity index (χ0) is 19.5. The van der Waals surface area contributed by atoms with Gasteiger partial charge in [-0.1, -0.05) is 18.2 Å². The molecule has 29 heavy (non-hydrogen) atoms. The average Bonchev–Trinajstić information content (AvgIpc) is 3.26. The second kappa shape index (κ2) is 9.51. The van der Waals surface area contributed by atoms with Gasteiger partial charge < -0.3 is 14.2 Å². The molecular formula is C21H24BrN5OS. The third-order valence-corrected chi connectivity index (χ3v) is 6.17. The molecule has 0 bridgehead atoms. The second-order valence-electron chi connectivity index (χ2n) is 6.79. The summed E-state index contributed by atoms with van der Waals surface area (Å²) >= 11 is 1.58. The Hall–Kier alpha value is -2.24. The van der Waals surface area contributed by atoms with Gasteiger partial charge in [0.25, 0.3) is 0 Å². The summed E-state index contributed by atoms with van der Waals surface area (Å²) in [4.78, 5) is 2.18. The number of hydrogen-bond donors (Lipinski definition) is 0. The molecule has 1 aromatic heterocycles. The molecule has 2 aliphatic heterocycles. The molecular weight excluding hydrogens is 450 g/mol. The molecule has 0 fully saturated rings. The number of nitriles is 1. The van der Waals surface area contributed by atoms with Crippen LogP contribution in [0.4, 0.5) is 0 Å². The summed E-state index contributed by atoms with van der Waals surface area (Å²) in [5, 5.41) is 21.8. The number of rotatable bonds is 4. The molecule has 2 aliphatic rings. The number of hydrogen-bond acceptors (Lipinski definition) is 6. The number of ether oxygens (including phenoxy) is 1. The van der Waals surface area contributed by atoms with Crippen LogP contribution in [0.5, 0.6) is 5.75 Å². The lowest BCUT2D eigenvalue weighted by Gasteiger charge is -2.23. The van der Waals surface area contributed by atoms with Crippen LogP contribution in [-0.2, 0) is 13.0 Å². The number of fused-ring (bicyclic) bond motifs is 1. The lowest BCUT2D eigenvalue weighted by molar-refractivity contribution is 0.414. The SMILES string of the molecule is Br.CCN1C(c2ccc(OC)cc2)=CS/C1=C(/C#N)c1nnc2n1CCCCC2. The van der Waals surface area contributed by atoms with Crippen molar-refractivity contribution in [2.45, 2.75) is 39.2 Å². The molecule has 0 saturated heterocycles. The minimum atomic E-state index is 0. The monoisotopic (exact) mass is 473 g/mol. The van der Waals surface area contributed by atoms with Gasteiger partial charge in [-0.15, -0.1) is 27.2 Å². The van der Waals surface area contributed by atoms with E-state index in [1.165, 1.54) is 6.42 Å². The van der Waals surface area contributed by atoms with E-state index in [1.807, 2.05) is 24.3 Å². The van der Waals surface area contributed by atoms with Crippen LogP contribution in [0.3, 0.4) is 0 Å². The third kappa shape index (κ3) is 4.07. The van der Waals surface area contributed by atoms with E-state index in [1.54, 1.807) is 18.9 Å². The van der Waals surface area contributed by atoms with Crippen LogP contribution in [0, 0.1) is 11.3 Å². The van der Waals surface area contributed by atoms with Crippen molar-refractivity contribution in [3.63, 3.8) is 0 Å². The first-order chi connectivity index (χ1) is 13.8. The van der Waals surface area contributed by atoms with Crippen molar-refractivity contribution in [2.75, 3.05) is 13.7 Å². The number of methoxy groups -OCH3 is 1. The smallest absolute Gasteiger partial charge is 0.177 e. The zero-order valence-corrected chi connectivity index (χ0v) is 19.1. The van der Waals surface area contributed by atoms with E-state index in [0.29, 0.717) is 11.4 Å². The molecule has 2 aromatic rings. The fourth-order valence-electron chi connectivity index (χ4n) is 3.71. The molecule has 0 unspecified atom stereocenters. The first kappa shape index (κ1) is 21.5. The van der Waals surface area contributed by atoms with Crippen molar-refractivity contribution >= 4 is 40.0 Å². The Kier molecular flexibility index (Phi) is 7.04. The summed E-state index contributed by atoms with van der Waals surface area (Å²) in [7, 11) is 1.67. The highest BCUT2D eigenvalue weighted by Crippen LogP contribution is 2.43. The molecule has 152 valence electrons. The van der Waals surface area contributed by atoms with Crippen molar-refractivity contribution < 1.29 is 4.74 Å². The standard InChI is InChI=1S/C21H23N5OS.BrH/c1-3-25-18(15-8-10-16(27-2)11-9-15)14-28-21(25)17(13-22)20-24-23-19-7-5-4-6-12-26(19)20;/h8-11,14H,3-7,12H2,1-2H3;1H/b21-17-;. The fraction of sp³-hybridized carbons (Fsp3) is 0.381. The number of allylic oxidation sites excluding steroid dienone is 1. The van der Waals surface area contributed by atoms with E-state index in [4.69, 9.17) is 4.74 Å². The van der Waals surface area contributed by atoms with Crippen LogP contribution in [0.1, 0.15) is 43.4 Å². The van der Waals surface area contributed by atoms with Gasteiger partial charge in [0.2, 0.25) is 0 Å². The van der Waals surface area contributed by atoms with Crippen LogP contribution in [0.25, 0.3) is 11.3 Å². The maximum atomic E-state index is 10.00. The Morgan fingerprint density at radius 2 is 2.00 bits per heavy atom. The van der Waals surface area contributed by atoms with Crippen molar-refractivity contribution in [2.24, 2.45) is 0 Å². The first-order valence-corrected chi connectivity index (χ1v) is 10.5. The molecule has 4 rings (SSSR count). The van der Waals surface area contributed by atoms with Gasteiger partial charge in [0.05, 0.1) is 12.8 Å². The molecule has 0 amide bonds. The van der Waals surface area contributed by atoms with Gasteiger partial charge >= 0.3 is 0 Å². The summed E-state index contributed by atoms with van der Waals surface area (Å²) in [6.45, 7) is 3.75. The Morgan fingerprint density at radius 3 is 2.69 bits per heavy atom. The zero-order valence-electron chi connectivity index (χ0n) is 16.6. The van der Waals surface area contributed by atoms with Gasteiger partial charge in [-0.2, -0.15) is 5.26 Å². The predicted molar refractivity (Wildman–Crippen MR) is 121 cm³/mol. The van der Waals surface area contributed by atoms with Crippen molar-refractivity contribution in [3.8, 4) is 11.8 Å². The minimum Gasteiger partial charge on any atom is -0.497 e. The number of benzene rings is 1. The minimum absolute atomic E-state index is 0. The van der Waals surface area contributed by atoms with Crippen LogP contribution in [-0.4, -0.2) is 33.3 Å². The maximum Gasteiger partial charge on any atom is 0.177 e. The number of aryl methyl sites for hydroxylation is 1. The highest BCUT2D eigenvalue weighted by molar-refractivity contribution is 8.93. The van der Waals surface area contributed by atoms with Gasteiger partial charge in [0.1, 0.15) is 28.2 Å². The topological polar surface area (TPSA) is 67.0 Å². The van der Waals surface area contributed by atoms with Crippen LogP contribution in [0.15, 0.2) is 34.7 Å². The van der Waals surface area contributed by atoms with E-state index < -0.39 is 0 Å². The number of halogens is 1. The Bertz CT molecular complexity index is 974. The molecule has 0 N–H and O–H groups in total. The van der Waals surface area contributed by atoms with Crippen LogP contribution < -0.4 is 4.74 Å². The number of thioether (sulfide) groups is 1. The van der Waals surface area contributed by atoms with Gasteiger partial charge in [-0.25, -0.2) is 0 Å². The molecule has 0 radical (unpaired) electrons. The van der Waals surface area contributed by atoms with Gasteiger partial charge in [-0.05, 0) is 49.6 Å². The summed E-state index contributed by atoms with van der Waals surface area (Å²) in [5.41, 5.74) is 2.79. The van der Waals surface area contributed by atoms with E-state index >= 15 is 0 Å². The molecule has 3 heterocycles. The maximum absolute atomic E-state index is 10.00. The lowest BCUT2D eigenvalue weighted by atomic mass is 10.1. The normalized spacial score (nSPS) is 17.6. The summed E-state index contributed by atoms with van der Waals surface area (Å²) in [6.07, 6.45) is 4.36. The second-order valence-corrected chi connectivity index (χ2v) is 7.65. The van der Waals surface area contributed by atoms with Crippen LogP contribution in [0.2, 0.25) is 0 Å². The summed E-state index contributed by atoms with van der Waals surface area (Å²) < 4.78 is 7.40. The predicted octanol–water partition coefficient (Wildman–Crippen LogP) is 4.85. The molecule has 8 heteroatoms. The van der Waals surface area contributed by atoms with Gasteiger partial charge in [-0.3, -0.25) is 0 Å². The molecule has 0 saturated carbocycles. The fourth-order valence-corrected chi connectivity index (χ4v) is 4.80. The van der Waals surface area contributed by atoms with Crippen molar-refractivity contribution in [3.05, 3.63) is 51.9 Å². The Balaban J connectivity index is 0.00000240. The lowest BCUT2D eigenvalue weighted by Crippen LogP contribution is -2.18. The first-order valence-electron chi connectivity index (χ1n) is 9.62. The average molecular weight is 474 g/mol. The molecule has 0 atom stereocenters. The highest BCUT2D eigenvalue weighted by atomic mass is 79.9. The van der Waals surface area contributed by atoms with Crippen molar-refractivity contribution in [1.82, 2.24) is 19.7 Å². The van der Waals surface area contributed by atoms with E-state index in [0.717, 1.165) is 60.2 Å². The Labute approximate surface area is 186 Å². The summed E-state index contributed by atoms with van der Waals surface area (Å²) in [6, 6.07) is 10.4. The van der Waals surface area contributed by atoms with E-state index in [2.05, 4.69) is 38.1 Å². The van der Waals surface area contributed by atoms with E-state index in [9.17, 15) is 5.26 Å². The number of nitrogens with zero attached hydrogens (tertiary/aromatic N) is 5. The molecule has 0 aliphatic carbocycles. The Morgan fingerprint density at radius 1 is 1.21 bits per heavy atom. The molecule has 1 aromatic carbocycles. The molecule has 0 spiro atoms. The summed E-state index contributed by atoms with van der Waals surface area (Å²) in [5.74, 6) is 2.53. The highest BCUT2D eigenvalue weighted by Gasteiger charge is 2.28. The van der Waals surface area contributed by atoms with Crippen molar-refractivity contribution in [1.29, 1.82) is 5.26 Å². The quantitative estimate of drug-likeness (QED) is 0.591. The van der Waals surface area contributed by atoms with E-state index in [-0.39, 0.29) is 17.0 Å². The van der Waals surface area contributed by atoms with Crippen LogP contribution >= 0.6 is 28.7 Å². The van der Waals surface area contributed by atoms with Gasteiger partial charge in [0, 0.05) is 24.9 Å². The largest absolute Gasteiger partial charge is 0.497 e. The number of aromatic nitrogens is 3. The third-order valence-electron chi connectivity index (χ3n) is 5.18.